The van der Waals surface area contributed by atoms with Crippen LogP contribution in [0.4, 0.5) is 0 Å². The van der Waals surface area contributed by atoms with Gasteiger partial charge < -0.3 is 5.11 Å². The molecule has 5 heteroatoms. The third-order valence-corrected chi connectivity index (χ3v) is 5.20. The highest BCUT2D eigenvalue weighted by atomic mass is 32.2. The molecule has 0 heterocycles. The molecule has 112 valence electrons. The van der Waals surface area contributed by atoms with Gasteiger partial charge in [0.2, 0.25) is 0 Å². The molecule has 0 atom stereocenters. The van der Waals surface area contributed by atoms with Crippen molar-refractivity contribution in [2.45, 2.75) is 43.9 Å². The van der Waals surface area contributed by atoms with Crippen LogP contribution in [0.1, 0.15) is 36.8 Å². The maximum atomic E-state index is 11.2. The standard InChI is InChI=1S/C15H22O4S/c1-11-2-7-15(20(17,18)19)9-14(11)8-12-3-5-13(10-16)6-4-12/h2,7,9,12-13,16H,3-6,8,10H2,1H3,(H,17,18,19). The van der Waals surface area contributed by atoms with E-state index in [9.17, 15) is 8.42 Å². The Bertz CT molecular complexity index is 557. The molecule has 0 aliphatic heterocycles. The first kappa shape index (κ1) is 15.5. The van der Waals surface area contributed by atoms with Gasteiger partial charge in [-0.2, -0.15) is 8.42 Å². The Morgan fingerprint density at radius 3 is 2.30 bits per heavy atom. The van der Waals surface area contributed by atoms with Crippen molar-refractivity contribution in [3.63, 3.8) is 0 Å². The molecular weight excluding hydrogens is 276 g/mol. The van der Waals surface area contributed by atoms with Crippen molar-refractivity contribution < 1.29 is 18.1 Å². The molecule has 0 spiro atoms. The van der Waals surface area contributed by atoms with Gasteiger partial charge in [-0.05, 0) is 74.1 Å². The van der Waals surface area contributed by atoms with Crippen molar-refractivity contribution in [2.75, 3.05) is 6.61 Å². The summed E-state index contributed by atoms with van der Waals surface area (Å²) in [5.41, 5.74) is 2.05. The SMILES string of the molecule is Cc1ccc(S(=O)(=O)O)cc1CC1CCC(CO)CC1. The van der Waals surface area contributed by atoms with Crippen LogP contribution in [-0.2, 0) is 16.5 Å². The summed E-state index contributed by atoms with van der Waals surface area (Å²) < 4.78 is 31.5. The fourth-order valence-corrected chi connectivity index (χ4v) is 3.49. The minimum Gasteiger partial charge on any atom is -0.396 e. The maximum Gasteiger partial charge on any atom is 0.294 e. The van der Waals surface area contributed by atoms with Gasteiger partial charge in [-0.15, -0.1) is 0 Å². The molecule has 1 aromatic rings. The highest BCUT2D eigenvalue weighted by Crippen LogP contribution is 2.31. The van der Waals surface area contributed by atoms with Crippen LogP contribution in [0.5, 0.6) is 0 Å². The molecule has 1 aliphatic rings. The van der Waals surface area contributed by atoms with Crippen LogP contribution in [0.15, 0.2) is 23.1 Å². The zero-order valence-corrected chi connectivity index (χ0v) is 12.6. The van der Waals surface area contributed by atoms with Crippen LogP contribution in [0, 0.1) is 18.8 Å². The van der Waals surface area contributed by atoms with Crippen molar-refractivity contribution >= 4 is 10.1 Å². The van der Waals surface area contributed by atoms with Gasteiger partial charge in [-0.1, -0.05) is 6.07 Å². The third kappa shape index (κ3) is 3.81. The molecule has 0 saturated heterocycles. The van der Waals surface area contributed by atoms with Gasteiger partial charge in [0.25, 0.3) is 10.1 Å². The van der Waals surface area contributed by atoms with Gasteiger partial charge >= 0.3 is 0 Å². The Hall–Kier alpha value is -0.910. The van der Waals surface area contributed by atoms with Crippen LogP contribution in [-0.4, -0.2) is 24.7 Å². The van der Waals surface area contributed by atoms with E-state index in [4.69, 9.17) is 9.66 Å². The molecule has 0 unspecified atom stereocenters. The smallest absolute Gasteiger partial charge is 0.294 e. The van der Waals surface area contributed by atoms with Crippen molar-refractivity contribution in [3.8, 4) is 0 Å². The number of rotatable bonds is 4. The van der Waals surface area contributed by atoms with E-state index < -0.39 is 10.1 Å². The van der Waals surface area contributed by atoms with Crippen LogP contribution >= 0.6 is 0 Å². The van der Waals surface area contributed by atoms with Crippen molar-refractivity contribution in [1.29, 1.82) is 0 Å². The van der Waals surface area contributed by atoms with Gasteiger partial charge in [-0.3, -0.25) is 4.55 Å². The minimum absolute atomic E-state index is 0.0258. The van der Waals surface area contributed by atoms with E-state index in [-0.39, 0.29) is 11.5 Å². The summed E-state index contributed by atoms with van der Waals surface area (Å²) in [7, 11) is -4.13. The Morgan fingerprint density at radius 1 is 1.15 bits per heavy atom. The molecule has 1 fully saturated rings. The maximum absolute atomic E-state index is 11.2. The molecule has 1 aliphatic carbocycles. The number of hydrogen-bond donors (Lipinski definition) is 2. The van der Waals surface area contributed by atoms with Crippen molar-refractivity contribution in [1.82, 2.24) is 0 Å². The Kier molecular flexibility index (Phi) is 4.83. The molecule has 2 N–H and O–H groups in total. The lowest BCUT2D eigenvalue weighted by Crippen LogP contribution is -2.19. The normalized spacial score (nSPS) is 23.8. The number of aryl methyl sites for hydroxylation is 1. The van der Waals surface area contributed by atoms with Crippen molar-refractivity contribution in [2.24, 2.45) is 11.8 Å². The summed E-state index contributed by atoms with van der Waals surface area (Å²) in [5, 5.41) is 9.14. The summed E-state index contributed by atoms with van der Waals surface area (Å²) in [6.45, 7) is 2.23. The lowest BCUT2D eigenvalue weighted by atomic mass is 9.79. The second kappa shape index (κ2) is 6.24. The first-order valence-electron chi connectivity index (χ1n) is 7.08. The van der Waals surface area contributed by atoms with Crippen molar-refractivity contribution in [3.05, 3.63) is 29.3 Å². The minimum atomic E-state index is -4.13. The summed E-state index contributed by atoms with van der Waals surface area (Å²) in [6, 6.07) is 4.78. The summed E-state index contributed by atoms with van der Waals surface area (Å²) in [4.78, 5) is -0.0258. The highest BCUT2D eigenvalue weighted by molar-refractivity contribution is 7.85. The third-order valence-electron chi connectivity index (χ3n) is 4.35. The first-order valence-corrected chi connectivity index (χ1v) is 8.52. The molecular formula is C15H22O4S. The predicted octanol–water partition coefficient (Wildman–Crippen LogP) is 2.58. The van der Waals surface area contributed by atoms with E-state index in [2.05, 4.69) is 0 Å². The average molecular weight is 298 g/mol. The topological polar surface area (TPSA) is 74.6 Å². The Balaban J connectivity index is 2.10. The summed E-state index contributed by atoms with van der Waals surface area (Å²) in [6.07, 6.45) is 5.06. The first-order chi connectivity index (χ1) is 9.40. The molecule has 20 heavy (non-hydrogen) atoms. The quantitative estimate of drug-likeness (QED) is 0.838. The van der Waals surface area contributed by atoms with Crippen LogP contribution in [0.25, 0.3) is 0 Å². The van der Waals surface area contributed by atoms with Gasteiger partial charge in [0.1, 0.15) is 0 Å². The molecule has 1 aromatic carbocycles. The number of hydrogen-bond acceptors (Lipinski definition) is 3. The van der Waals surface area contributed by atoms with E-state index in [1.54, 1.807) is 12.1 Å². The van der Waals surface area contributed by atoms with Gasteiger partial charge in [0, 0.05) is 6.61 Å². The largest absolute Gasteiger partial charge is 0.396 e. The Labute approximate surface area is 120 Å². The summed E-state index contributed by atoms with van der Waals surface area (Å²) in [5.74, 6) is 0.963. The van der Waals surface area contributed by atoms with Crippen LogP contribution in [0.2, 0.25) is 0 Å². The van der Waals surface area contributed by atoms with E-state index in [1.165, 1.54) is 6.07 Å². The van der Waals surface area contributed by atoms with Crippen LogP contribution < -0.4 is 0 Å². The van der Waals surface area contributed by atoms with E-state index in [1.807, 2.05) is 6.92 Å². The second-order valence-electron chi connectivity index (χ2n) is 5.84. The van der Waals surface area contributed by atoms with E-state index in [0.717, 1.165) is 43.2 Å². The van der Waals surface area contributed by atoms with E-state index in [0.29, 0.717) is 11.8 Å². The Morgan fingerprint density at radius 2 is 1.75 bits per heavy atom. The monoisotopic (exact) mass is 298 g/mol. The predicted molar refractivity (Wildman–Crippen MR) is 77.2 cm³/mol. The molecule has 4 nitrogen and oxygen atoms in total. The molecule has 0 bridgehead atoms. The number of benzene rings is 1. The second-order valence-corrected chi connectivity index (χ2v) is 7.26. The molecule has 1 saturated carbocycles. The number of aliphatic hydroxyl groups is 1. The van der Waals surface area contributed by atoms with Gasteiger partial charge in [-0.25, -0.2) is 0 Å². The zero-order valence-electron chi connectivity index (χ0n) is 11.7. The molecule has 0 amide bonds. The molecule has 0 radical (unpaired) electrons. The molecule has 0 aromatic heterocycles. The summed E-state index contributed by atoms with van der Waals surface area (Å²) >= 11 is 0. The molecule has 2 rings (SSSR count). The lowest BCUT2D eigenvalue weighted by molar-refractivity contribution is 0.167. The van der Waals surface area contributed by atoms with Gasteiger partial charge in [0.05, 0.1) is 4.90 Å². The zero-order chi connectivity index (χ0) is 14.8. The van der Waals surface area contributed by atoms with Crippen LogP contribution in [0.3, 0.4) is 0 Å². The average Bonchev–Trinajstić information content (AvgIpc) is 2.41. The fourth-order valence-electron chi connectivity index (χ4n) is 2.96. The number of aliphatic hydroxyl groups excluding tert-OH is 1. The highest BCUT2D eigenvalue weighted by Gasteiger charge is 2.22. The lowest BCUT2D eigenvalue weighted by Gasteiger charge is -2.27. The van der Waals surface area contributed by atoms with Gasteiger partial charge in [0.15, 0.2) is 0 Å². The fraction of sp³-hybridized carbons (Fsp3) is 0.600. The van der Waals surface area contributed by atoms with E-state index >= 15 is 0 Å².